The van der Waals surface area contributed by atoms with E-state index in [-0.39, 0.29) is 73.7 Å². The molecule has 0 unspecified atom stereocenters. The highest BCUT2D eigenvalue weighted by Gasteiger charge is 2.35. The second-order valence-corrected chi connectivity index (χ2v) is 13.9. The number of thiophene rings is 2. The van der Waals surface area contributed by atoms with E-state index < -0.39 is 10.0 Å². The van der Waals surface area contributed by atoms with Crippen LogP contribution in [0.25, 0.3) is 21.6 Å². The molecule has 0 aliphatic heterocycles. The summed E-state index contributed by atoms with van der Waals surface area (Å²) in [7, 11) is -2.94. The van der Waals surface area contributed by atoms with Gasteiger partial charge in [0.1, 0.15) is 5.69 Å². The normalized spacial score (nSPS) is 11.4. The van der Waals surface area contributed by atoms with Crippen LogP contribution in [0.3, 0.4) is 0 Å². The van der Waals surface area contributed by atoms with Gasteiger partial charge in [0.05, 0.1) is 32.1 Å². The molecule has 0 amide bonds. The topological polar surface area (TPSA) is 98.2 Å². The van der Waals surface area contributed by atoms with Crippen molar-refractivity contribution in [3.63, 3.8) is 0 Å². The van der Waals surface area contributed by atoms with E-state index in [0.717, 1.165) is 39.3 Å². The van der Waals surface area contributed by atoms with Gasteiger partial charge in [0.2, 0.25) is 15.9 Å². The van der Waals surface area contributed by atoms with Crippen molar-refractivity contribution in [1.29, 1.82) is 0 Å². The van der Waals surface area contributed by atoms with Gasteiger partial charge in [-0.05, 0) is 75.6 Å². The van der Waals surface area contributed by atoms with Gasteiger partial charge >= 0.3 is 0 Å². The molecule has 45 heavy (non-hydrogen) atoms. The Kier molecular flexibility index (Phi) is 24.9. The van der Waals surface area contributed by atoms with Crippen molar-refractivity contribution < 1.29 is 17.9 Å². The molecular formula is C35H61N3O4S3. The first kappa shape index (κ1) is 49.2. The van der Waals surface area contributed by atoms with Gasteiger partial charge in [0.25, 0.3) is 0 Å². The number of carbonyl (C=O) groups excluding carboxylic acids is 1. The van der Waals surface area contributed by atoms with E-state index in [1.807, 2.05) is 101 Å². The molecule has 5 rings (SSSR count). The number of carbonyl (C=O) groups is 1. The van der Waals surface area contributed by atoms with Crippen molar-refractivity contribution in [2.24, 2.45) is 5.92 Å². The number of rotatable bonds is 8. The van der Waals surface area contributed by atoms with Gasteiger partial charge in [0, 0.05) is 12.0 Å². The van der Waals surface area contributed by atoms with Crippen molar-refractivity contribution in [3.05, 3.63) is 64.2 Å². The number of Topliss-reactive ketones (excluding diaryl/α,β-unsaturated/α-hetero) is 1. The van der Waals surface area contributed by atoms with Crippen LogP contribution in [-0.2, 0) is 10.0 Å². The fourth-order valence-corrected chi connectivity index (χ4v) is 6.49. The third-order valence-electron chi connectivity index (χ3n) is 5.29. The Bertz CT molecular complexity index is 1430. The number of ether oxygens (including phenoxy) is 1. The predicted octanol–water partition coefficient (Wildman–Crippen LogP) is 11.0. The number of benzene rings is 1. The minimum absolute atomic E-state index is 0. The first-order valence-corrected chi connectivity index (χ1v) is 16.3. The van der Waals surface area contributed by atoms with E-state index in [1.54, 1.807) is 11.3 Å². The summed E-state index contributed by atoms with van der Waals surface area (Å²) in [6.45, 7) is 11.5. The summed E-state index contributed by atoms with van der Waals surface area (Å²) in [4.78, 5) is 22.5. The number of nitrogens with one attached hydrogen (secondary N) is 1. The van der Waals surface area contributed by atoms with Gasteiger partial charge in [-0.25, -0.2) is 23.1 Å². The van der Waals surface area contributed by atoms with Crippen molar-refractivity contribution in [1.82, 2.24) is 14.7 Å². The summed E-state index contributed by atoms with van der Waals surface area (Å²) in [5.74, 6) is 0.977. The van der Waals surface area contributed by atoms with E-state index in [1.165, 1.54) is 11.3 Å². The summed E-state index contributed by atoms with van der Waals surface area (Å²) >= 11 is 3.15. The van der Waals surface area contributed by atoms with Crippen LogP contribution in [0.1, 0.15) is 109 Å². The number of ketones is 1. The smallest absolute Gasteiger partial charge is 0.242 e. The zero-order valence-electron chi connectivity index (χ0n) is 23.2. The summed E-state index contributed by atoms with van der Waals surface area (Å²) in [6.07, 6.45) is 1.75. The maximum absolute atomic E-state index is 11.2. The zero-order chi connectivity index (χ0) is 28.6. The highest BCUT2D eigenvalue weighted by atomic mass is 32.2. The van der Waals surface area contributed by atoms with Crippen molar-refractivity contribution >= 4 is 49.5 Å². The number of para-hydroxylation sites is 2. The van der Waals surface area contributed by atoms with E-state index >= 15 is 0 Å². The van der Waals surface area contributed by atoms with Gasteiger partial charge in [-0.2, -0.15) is 0 Å². The van der Waals surface area contributed by atoms with Crippen LogP contribution >= 0.6 is 22.7 Å². The summed E-state index contributed by atoms with van der Waals surface area (Å²) in [5, 5.41) is 3.87. The molecule has 1 aliphatic rings. The molecular weight excluding hydrogens is 623 g/mol. The Morgan fingerprint density at radius 2 is 1.33 bits per heavy atom. The maximum Gasteiger partial charge on any atom is 0.242 e. The van der Waals surface area contributed by atoms with Crippen LogP contribution in [0.15, 0.2) is 59.3 Å². The molecule has 1 fully saturated rings. The van der Waals surface area contributed by atoms with Gasteiger partial charge in [-0.15, -0.1) is 22.7 Å². The number of nitrogens with zero attached hydrogens (tertiary/aromatic N) is 2. The van der Waals surface area contributed by atoms with Crippen molar-refractivity contribution in [3.8, 4) is 16.5 Å². The number of aromatic nitrogens is 2. The Morgan fingerprint density at radius 3 is 1.76 bits per heavy atom. The predicted molar refractivity (Wildman–Crippen MR) is 203 cm³/mol. The SMILES string of the molecule is C.C.C.C.C.C.CC(C)C(=O)c1cccs1.CC(C)NS(=O)(=O)C1CC1.CC(C)Oc1nc2ccccc2nc1-c1cccs1. The number of hydrogen-bond donors (Lipinski definition) is 1. The summed E-state index contributed by atoms with van der Waals surface area (Å²) < 4.78 is 30.5. The lowest BCUT2D eigenvalue weighted by Crippen LogP contribution is -2.32. The van der Waals surface area contributed by atoms with E-state index in [4.69, 9.17) is 9.72 Å². The van der Waals surface area contributed by atoms with Crippen LogP contribution in [0, 0.1) is 5.92 Å². The molecule has 258 valence electrons. The Hall–Kier alpha value is -2.66. The van der Waals surface area contributed by atoms with E-state index in [0.29, 0.717) is 5.88 Å². The first-order valence-electron chi connectivity index (χ1n) is 13.0. The van der Waals surface area contributed by atoms with Crippen LogP contribution in [0.4, 0.5) is 0 Å². The van der Waals surface area contributed by atoms with Gasteiger partial charge in [0.15, 0.2) is 5.78 Å². The highest BCUT2D eigenvalue weighted by Crippen LogP contribution is 2.32. The van der Waals surface area contributed by atoms with Crippen LogP contribution in [0.2, 0.25) is 0 Å². The molecule has 0 atom stereocenters. The summed E-state index contributed by atoms with van der Waals surface area (Å²) in [5.41, 5.74) is 2.57. The maximum atomic E-state index is 11.2. The lowest BCUT2D eigenvalue weighted by Gasteiger charge is -2.12. The molecule has 3 aromatic heterocycles. The second kappa shape index (κ2) is 22.8. The van der Waals surface area contributed by atoms with Crippen LogP contribution in [-0.4, -0.2) is 41.6 Å². The molecule has 0 radical (unpaired) electrons. The Morgan fingerprint density at radius 1 is 0.800 bits per heavy atom. The summed E-state index contributed by atoms with van der Waals surface area (Å²) in [6, 6.07) is 15.7. The monoisotopic (exact) mass is 683 g/mol. The zero-order valence-corrected chi connectivity index (χ0v) is 25.7. The molecule has 4 aromatic rings. The molecule has 1 aromatic carbocycles. The van der Waals surface area contributed by atoms with Crippen molar-refractivity contribution in [2.45, 2.75) is 116 Å². The average molecular weight is 684 g/mol. The Balaban J connectivity index is -0.000000283. The van der Waals surface area contributed by atoms with E-state index in [2.05, 4.69) is 9.71 Å². The standard InChI is InChI=1S/C15H14N2OS.C8H10OS.C6H13NO2S.6CH4/c1-10(2)18-15-14(13-8-5-9-19-13)16-11-6-3-4-7-12(11)17-15;1-6(2)8(9)7-4-3-5-10-7;1-5(2)7-10(8,9)6-3-4-6;;;;;;/h3-10H,1-2H3;3-6H,1-2H3;5-7H,3-4H2,1-2H3;6*1H4. The first-order chi connectivity index (χ1) is 18.5. The highest BCUT2D eigenvalue weighted by molar-refractivity contribution is 7.90. The number of hydrogen-bond acceptors (Lipinski definition) is 8. The Labute approximate surface area is 284 Å². The number of sulfonamides is 1. The van der Waals surface area contributed by atoms with Gasteiger partial charge in [-0.1, -0.05) is 82.7 Å². The third-order valence-corrected chi connectivity index (χ3v) is 9.20. The molecule has 1 N–H and O–H groups in total. The fraction of sp³-hybridized carbons (Fsp3) is 0.514. The van der Waals surface area contributed by atoms with Gasteiger partial charge in [-0.3, -0.25) is 4.79 Å². The molecule has 1 saturated carbocycles. The molecule has 0 bridgehead atoms. The minimum atomic E-state index is -2.94. The fourth-order valence-electron chi connectivity index (χ4n) is 3.37. The molecule has 0 spiro atoms. The average Bonchev–Trinajstić information content (AvgIpc) is 3.35. The largest absolute Gasteiger partial charge is 0.473 e. The third kappa shape index (κ3) is 15.5. The lowest BCUT2D eigenvalue weighted by molar-refractivity contribution is 0.0943. The molecule has 3 heterocycles. The molecule has 7 nitrogen and oxygen atoms in total. The van der Waals surface area contributed by atoms with Crippen LogP contribution < -0.4 is 9.46 Å². The second-order valence-electron chi connectivity index (χ2n) is 10.0. The number of fused-ring (bicyclic) bond motifs is 1. The van der Waals surface area contributed by atoms with Gasteiger partial charge < -0.3 is 4.74 Å². The molecule has 0 saturated heterocycles. The molecule has 1 aliphatic carbocycles. The lowest BCUT2D eigenvalue weighted by atomic mass is 10.1. The van der Waals surface area contributed by atoms with Crippen molar-refractivity contribution in [2.75, 3.05) is 0 Å². The molecule has 10 heteroatoms. The van der Waals surface area contributed by atoms with Crippen LogP contribution in [0.5, 0.6) is 5.88 Å². The quantitative estimate of drug-likeness (QED) is 0.186. The van der Waals surface area contributed by atoms with E-state index in [9.17, 15) is 13.2 Å². The minimum Gasteiger partial charge on any atom is -0.473 e.